The molecule has 0 saturated carbocycles. The number of hydrogen-bond donors (Lipinski definition) is 0. The van der Waals surface area contributed by atoms with Gasteiger partial charge in [0.25, 0.3) is 0 Å². The largest absolute Gasteiger partial charge is 0.356 e. The molecule has 12 heavy (non-hydrogen) atoms. The number of rotatable bonds is 0. The Morgan fingerprint density at radius 3 is 3.00 bits per heavy atom. The van der Waals surface area contributed by atoms with Gasteiger partial charge in [-0.05, 0) is 6.92 Å². The number of benzene rings is 1. The summed E-state index contributed by atoms with van der Waals surface area (Å²) < 4.78 is 17.7. The third-order valence-corrected chi connectivity index (χ3v) is 1.77. The third-order valence-electron chi connectivity index (χ3n) is 1.77. The predicted octanol–water partition coefficient (Wildman–Crippen LogP) is 1.07. The van der Waals surface area contributed by atoms with Crippen molar-refractivity contribution in [3.05, 3.63) is 23.6 Å². The van der Waals surface area contributed by atoms with E-state index in [1.807, 2.05) is 0 Å². The average Bonchev–Trinajstić information content (AvgIpc) is 2.35. The summed E-state index contributed by atoms with van der Waals surface area (Å²) in [6.07, 6.45) is 0. The topological polar surface area (TPSA) is 26.0 Å². The second kappa shape index (κ2) is 2.34. The number of aryl methyl sites for hydroxylation is 1. The Balaban J connectivity index is 2.87. The summed E-state index contributed by atoms with van der Waals surface area (Å²) in [5.41, 5.74) is 1.27. The zero-order chi connectivity index (χ0) is 8.72. The average molecular weight is 161 g/mol. The molecule has 0 N–H and O–H groups in total. The van der Waals surface area contributed by atoms with Crippen molar-refractivity contribution in [3.8, 4) is 0 Å². The first-order valence-corrected chi connectivity index (χ1v) is 3.49. The fraction of sp³-hybridized carbons (Fsp3) is 0.125. The number of hydrogen-bond acceptors (Lipinski definition) is 2. The number of aromatic nitrogens is 1. The molecule has 58 valence electrons. The van der Waals surface area contributed by atoms with Gasteiger partial charge in [-0.3, -0.25) is 0 Å². The van der Waals surface area contributed by atoms with Crippen LogP contribution in [0, 0.1) is 12.7 Å². The maximum Gasteiger partial charge on any atom is 0.169 e. The Morgan fingerprint density at radius 2 is 2.25 bits per heavy atom. The highest BCUT2D eigenvalue weighted by Gasteiger charge is 2.06. The molecule has 2 rings (SSSR count). The van der Waals surface area contributed by atoms with Crippen LogP contribution in [0.4, 0.5) is 4.39 Å². The lowest BCUT2D eigenvalue weighted by atomic mass is 9.94. The van der Waals surface area contributed by atoms with Crippen molar-refractivity contribution in [2.75, 3.05) is 0 Å². The zero-order valence-electron chi connectivity index (χ0n) is 6.47. The van der Waals surface area contributed by atoms with Crippen LogP contribution in [0.25, 0.3) is 11.0 Å². The number of nitrogens with zero attached hydrogens (tertiary/aromatic N) is 1. The second-order valence-corrected chi connectivity index (χ2v) is 2.64. The number of fused-ring (bicyclic) bond motifs is 1. The smallest absolute Gasteiger partial charge is 0.169 e. The normalized spacial score (nSPS) is 10.8. The van der Waals surface area contributed by atoms with Crippen molar-refractivity contribution < 1.29 is 8.91 Å². The van der Waals surface area contributed by atoms with Crippen molar-refractivity contribution in [2.24, 2.45) is 0 Å². The van der Waals surface area contributed by atoms with Crippen molar-refractivity contribution in [1.82, 2.24) is 5.16 Å². The van der Waals surface area contributed by atoms with Gasteiger partial charge in [-0.15, -0.1) is 0 Å². The van der Waals surface area contributed by atoms with Gasteiger partial charge in [0, 0.05) is 11.5 Å². The minimum atomic E-state index is -0.473. The molecule has 0 aliphatic carbocycles. The molecule has 0 aliphatic heterocycles. The van der Waals surface area contributed by atoms with E-state index in [1.54, 1.807) is 6.92 Å². The molecule has 0 bridgehead atoms. The van der Waals surface area contributed by atoms with Crippen molar-refractivity contribution in [2.45, 2.75) is 6.92 Å². The fourth-order valence-corrected chi connectivity index (χ4v) is 1.10. The van der Waals surface area contributed by atoms with Crippen LogP contribution in [-0.4, -0.2) is 13.0 Å². The van der Waals surface area contributed by atoms with E-state index in [2.05, 4.69) is 5.16 Å². The fourth-order valence-electron chi connectivity index (χ4n) is 1.10. The molecular formula is C8H5BFNO. The van der Waals surface area contributed by atoms with Crippen LogP contribution in [-0.2, 0) is 0 Å². The van der Waals surface area contributed by atoms with Crippen molar-refractivity contribution in [3.63, 3.8) is 0 Å². The molecule has 2 radical (unpaired) electrons. The molecule has 0 amide bonds. The molecule has 0 spiro atoms. The summed E-state index contributed by atoms with van der Waals surface area (Å²) in [5.74, 6) is -0.473. The first kappa shape index (κ1) is 7.34. The SMILES string of the molecule is [B]c1cc2c(C)noc2cc1F. The Kier molecular flexibility index (Phi) is 1.43. The lowest BCUT2D eigenvalue weighted by molar-refractivity contribution is 0.449. The van der Waals surface area contributed by atoms with Crippen LogP contribution in [0.1, 0.15) is 5.69 Å². The van der Waals surface area contributed by atoms with Crippen molar-refractivity contribution >= 4 is 24.3 Å². The van der Waals surface area contributed by atoms with Gasteiger partial charge in [-0.2, -0.15) is 0 Å². The lowest BCUT2D eigenvalue weighted by Gasteiger charge is -1.94. The van der Waals surface area contributed by atoms with Gasteiger partial charge in [0.15, 0.2) is 5.58 Å². The van der Waals surface area contributed by atoms with Crippen molar-refractivity contribution in [1.29, 1.82) is 0 Å². The van der Waals surface area contributed by atoms with Gasteiger partial charge in [-0.25, -0.2) is 4.39 Å². The quantitative estimate of drug-likeness (QED) is 0.540. The molecule has 1 aromatic carbocycles. The lowest BCUT2D eigenvalue weighted by Crippen LogP contribution is -2.06. The maximum atomic E-state index is 12.8. The van der Waals surface area contributed by atoms with E-state index >= 15 is 0 Å². The van der Waals surface area contributed by atoms with E-state index in [4.69, 9.17) is 12.4 Å². The predicted molar refractivity (Wildman–Crippen MR) is 44.1 cm³/mol. The Hall–Kier alpha value is -1.32. The zero-order valence-corrected chi connectivity index (χ0v) is 6.47. The van der Waals surface area contributed by atoms with Crippen LogP contribution in [0.3, 0.4) is 0 Å². The third kappa shape index (κ3) is 0.914. The minimum Gasteiger partial charge on any atom is -0.356 e. The molecule has 4 heteroatoms. The highest BCUT2D eigenvalue weighted by molar-refractivity contribution is 6.33. The van der Waals surface area contributed by atoms with Crippen LogP contribution < -0.4 is 5.46 Å². The first-order chi connectivity index (χ1) is 5.68. The standard InChI is InChI=1S/C8H5BFNO/c1-4-5-2-6(9)7(10)3-8(5)12-11-4/h2-3H,1H3. The van der Waals surface area contributed by atoms with E-state index in [1.165, 1.54) is 12.1 Å². The van der Waals surface area contributed by atoms with Gasteiger partial charge in [0.05, 0.1) is 5.69 Å². The van der Waals surface area contributed by atoms with E-state index in [0.717, 1.165) is 11.1 Å². The summed E-state index contributed by atoms with van der Waals surface area (Å²) in [6.45, 7) is 1.78. The molecule has 2 nitrogen and oxygen atoms in total. The summed E-state index contributed by atoms with van der Waals surface area (Å²) in [6, 6.07) is 2.77. The van der Waals surface area contributed by atoms with E-state index in [0.29, 0.717) is 5.58 Å². The van der Waals surface area contributed by atoms with Crippen LogP contribution in [0.15, 0.2) is 16.7 Å². The molecule has 2 aromatic rings. The summed E-state index contributed by atoms with van der Waals surface area (Å²) in [7, 11) is 5.37. The highest BCUT2D eigenvalue weighted by Crippen LogP contribution is 2.16. The van der Waals surface area contributed by atoms with Gasteiger partial charge >= 0.3 is 0 Å². The van der Waals surface area contributed by atoms with Crippen LogP contribution >= 0.6 is 0 Å². The minimum absolute atomic E-state index is 0.119. The molecular weight excluding hydrogens is 156 g/mol. The Labute approximate surface area is 69.8 Å². The maximum absolute atomic E-state index is 12.8. The molecule has 0 unspecified atom stereocenters. The monoisotopic (exact) mass is 161 g/mol. The molecule has 0 saturated heterocycles. The molecule has 0 fully saturated rings. The Morgan fingerprint density at radius 1 is 1.50 bits per heavy atom. The first-order valence-electron chi connectivity index (χ1n) is 3.49. The summed E-state index contributed by atoms with van der Waals surface area (Å²) in [5, 5.41) is 4.44. The van der Waals surface area contributed by atoms with E-state index in [-0.39, 0.29) is 5.46 Å². The molecule has 1 aromatic heterocycles. The summed E-state index contributed by atoms with van der Waals surface area (Å²) >= 11 is 0. The van der Waals surface area contributed by atoms with Crippen LogP contribution in [0.5, 0.6) is 0 Å². The van der Waals surface area contributed by atoms with E-state index in [9.17, 15) is 4.39 Å². The van der Waals surface area contributed by atoms with Gasteiger partial charge < -0.3 is 4.52 Å². The van der Waals surface area contributed by atoms with Gasteiger partial charge in [0.2, 0.25) is 0 Å². The number of halogens is 1. The second-order valence-electron chi connectivity index (χ2n) is 2.64. The van der Waals surface area contributed by atoms with Gasteiger partial charge in [-0.1, -0.05) is 16.7 Å². The highest BCUT2D eigenvalue weighted by atomic mass is 19.1. The molecule has 1 heterocycles. The molecule has 0 aliphatic rings. The Bertz CT molecular complexity index is 438. The summed E-state index contributed by atoms with van der Waals surface area (Å²) in [4.78, 5) is 0. The van der Waals surface area contributed by atoms with Crippen LogP contribution in [0.2, 0.25) is 0 Å². The van der Waals surface area contributed by atoms with E-state index < -0.39 is 5.82 Å². The van der Waals surface area contributed by atoms with Gasteiger partial charge in [0.1, 0.15) is 13.7 Å². The molecule has 0 atom stereocenters.